The molecule has 0 spiro atoms. The van der Waals surface area contributed by atoms with E-state index < -0.39 is 5.82 Å². The molecule has 2 aromatic carbocycles. The molecule has 0 aromatic heterocycles. The van der Waals surface area contributed by atoms with Gasteiger partial charge in [0.2, 0.25) is 0 Å². The third-order valence-corrected chi connectivity index (χ3v) is 6.22. The van der Waals surface area contributed by atoms with Crippen LogP contribution in [-0.2, 0) is 6.54 Å². The van der Waals surface area contributed by atoms with E-state index in [1.807, 2.05) is 30.1 Å². The first kappa shape index (κ1) is 20.6. The highest BCUT2D eigenvalue weighted by Gasteiger charge is 2.31. The van der Waals surface area contributed by atoms with Crippen molar-refractivity contribution in [2.75, 3.05) is 26.7 Å². The Morgan fingerprint density at radius 2 is 2.07 bits per heavy atom. The fourth-order valence-electron chi connectivity index (χ4n) is 3.73. The van der Waals surface area contributed by atoms with Gasteiger partial charge in [-0.25, -0.2) is 4.39 Å². The average Bonchev–Trinajstić information content (AvgIpc) is 3.22. The maximum atomic E-state index is 14.0. The minimum absolute atomic E-state index is 0.0141. The van der Waals surface area contributed by atoms with Crippen molar-refractivity contribution in [3.8, 4) is 5.75 Å². The topological polar surface area (TPSA) is 48.1 Å². The van der Waals surface area contributed by atoms with Gasteiger partial charge in [-0.15, -0.1) is 0 Å². The molecule has 0 aliphatic carbocycles. The number of nitrogens with zero attached hydrogens (tertiary/aromatic N) is 3. The largest absolute Gasteiger partial charge is 0.497 e. The molecule has 1 unspecified atom stereocenters. The summed E-state index contributed by atoms with van der Waals surface area (Å²) in [5.74, 6) is 0.127. The lowest BCUT2D eigenvalue weighted by Crippen LogP contribution is -2.53. The monoisotopic (exact) mass is 428 g/mol. The number of carbonyl (C=O) groups excluding carboxylic acids is 1. The Balaban J connectivity index is 1.38. The van der Waals surface area contributed by atoms with Crippen LogP contribution in [0.4, 0.5) is 4.39 Å². The van der Waals surface area contributed by atoms with Crippen LogP contribution in [0.5, 0.6) is 5.75 Å². The van der Waals surface area contributed by atoms with Crippen molar-refractivity contribution < 1.29 is 13.9 Å². The van der Waals surface area contributed by atoms with Crippen LogP contribution in [0.1, 0.15) is 22.8 Å². The predicted octanol–water partition coefficient (Wildman–Crippen LogP) is 3.45. The van der Waals surface area contributed by atoms with Crippen molar-refractivity contribution >= 4 is 17.9 Å². The summed E-state index contributed by atoms with van der Waals surface area (Å²) < 4.78 is 19.3. The lowest BCUT2D eigenvalue weighted by atomic mass is 10.1. The summed E-state index contributed by atoms with van der Waals surface area (Å²) in [5.41, 5.74) is 1.28. The number of halogens is 1. The van der Waals surface area contributed by atoms with Gasteiger partial charge in [-0.2, -0.15) is 4.83 Å². The van der Waals surface area contributed by atoms with Crippen molar-refractivity contribution in [2.45, 2.75) is 19.5 Å². The SMILES string of the molecule is COc1cccc(CN2C=C(N3CCN(C(=O)c4ccccc4F)C(C)C3)SN2)c1. The van der Waals surface area contributed by atoms with E-state index in [2.05, 4.69) is 22.0 Å². The highest BCUT2D eigenvalue weighted by Crippen LogP contribution is 2.28. The van der Waals surface area contributed by atoms with Crippen molar-refractivity contribution in [3.05, 3.63) is 76.7 Å². The molecule has 6 nitrogen and oxygen atoms in total. The molecule has 1 atom stereocenters. The molecule has 0 radical (unpaired) electrons. The zero-order chi connectivity index (χ0) is 21.1. The molecule has 8 heteroatoms. The first-order chi connectivity index (χ1) is 14.5. The maximum Gasteiger partial charge on any atom is 0.257 e. The van der Waals surface area contributed by atoms with E-state index in [0.29, 0.717) is 19.6 Å². The number of rotatable bonds is 5. The van der Waals surface area contributed by atoms with E-state index in [0.717, 1.165) is 22.9 Å². The van der Waals surface area contributed by atoms with Gasteiger partial charge >= 0.3 is 0 Å². The van der Waals surface area contributed by atoms with Crippen LogP contribution >= 0.6 is 11.9 Å². The number of nitrogens with one attached hydrogen (secondary N) is 1. The smallest absolute Gasteiger partial charge is 0.257 e. The number of carbonyl (C=O) groups is 1. The Morgan fingerprint density at radius 3 is 2.83 bits per heavy atom. The number of methoxy groups -OCH3 is 1. The first-order valence-electron chi connectivity index (χ1n) is 9.89. The molecule has 4 rings (SSSR count). The number of hydrogen-bond donors (Lipinski definition) is 1. The van der Waals surface area contributed by atoms with E-state index >= 15 is 0 Å². The normalized spacial score (nSPS) is 19.1. The number of piperazine rings is 1. The molecule has 0 saturated carbocycles. The van der Waals surface area contributed by atoms with Gasteiger partial charge in [0, 0.05) is 31.9 Å². The van der Waals surface area contributed by atoms with Crippen LogP contribution in [0.2, 0.25) is 0 Å². The second kappa shape index (κ2) is 8.97. The van der Waals surface area contributed by atoms with Crippen LogP contribution in [-0.4, -0.2) is 53.5 Å². The van der Waals surface area contributed by atoms with Crippen LogP contribution in [0, 0.1) is 5.82 Å². The highest BCUT2D eigenvalue weighted by molar-refractivity contribution is 8.01. The van der Waals surface area contributed by atoms with E-state index in [9.17, 15) is 9.18 Å². The van der Waals surface area contributed by atoms with Gasteiger partial charge in [0.25, 0.3) is 5.91 Å². The number of hydrogen-bond acceptors (Lipinski definition) is 6. The van der Waals surface area contributed by atoms with Gasteiger partial charge < -0.3 is 14.5 Å². The number of ether oxygens (including phenoxy) is 1. The minimum atomic E-state index is -0.469. The Bertz CT molecular complexity index is 954. The Labute approximate surface area is 180 Å². The molecule has 2 aromatic rings. The lowest BCUT2D eigenvalue weighted by molar-refractivity contribution is 0.0549. The summed E-state index contributed by atoms with van der Waals surface area (Å²) in [6, 6.07) is 14.2. The lowest BCUT2D eigenvalue weighted by Gasteiger charge is -2.40. The van der Waals surface area contributed by atoms with Crippen LogP contribution in [0.15, 0.2) is 59.8 Å². The van der Waals surface area contributed by atoms with Crippen LogP contribution in [0.3, 0.4) is 0 Å². The van der Waals surface area contributed by atoms with Crippen LogP contribution < -0.4 is 9.57 Å². The molecule has 158 valence electrons. The third-order valence-electron chi connectivity index (χ3n) is 5.33. The van der Waals surface area contributed by atoms with E-state index in [1.54, 1.807) is 42.2 Å². The summed E-state index contributed by atoms with van der Waals surface area (Å²) in [6.07, 6.45) is 2.09. The number of hydrazine groups is 1. The Kier molecular flexibility index (Phi) is 6.15. The second-order valence-electron chi connectivity index (χ2n) is 7.41. The summed E-state index contributed by atoms with van der Waals surface area (Å²) in [5, 5.41) is 3.15. The molecule has 2 aliphatic heterocycles. The molecule has 1 fully saturated rings. The fraction of sp³-hybridized carbons (Fsp3) is 0.318. The third kappa shape index (κ3) is 4.39. The molecule has 1 N–H and O–H groups in total. The fourth-order valence-corrected chi connectivity index (χ4v) is 4.53. The molecule has 0 bridgehead atoms. The minimum Gasteiger partial charge on any atom is -0.497 e. The highest BCUT2D eigenvalue weighted by atomic mass is 32.2. The summed E-state index contributed by atoms with van der Waals surface area (Å²) in [4.78, 5) is 20.1. The summed E-state index contributed by atoms with van der Waals surface area (Å²) in [7, 11) is 1.67. The number of benzene rings is 2. The maximum absolute atomic E-state index is 14.0. The average molecular weight is 429 g/mol. The summed E-state index contributed by atoms with van der Waals surface area (Å²) >= 11 is 1.56. The van der Waals surface area contributed by atoms with E-state index in [4.69, 9.17) is 4.74 Å². The van der Waals surface area contributed by atoms with Crippen molar-refractivity contribution in [3.63, 3.8) is 0 Å². The van der Waals surface area contributed by atoms with E-state index in [-0.39, 0.29) is 17.5 Å². The second-order valence-corrected chi connectivity index (χ2v) is 8.22. The van der Waals surface area contributed by atoms with Crippen molar-refractivity contribution in [1.29, 1.82) is 0 Å². The van der Waals surface area contributed by atoms with Gasteiger partial charge in [-0.3, -0.25) is 9.80 Å². The van der Waals surface area contributed by atoms with Gasteiger partial charge in [0.1, 0.15) is 16.6 Å². The Morgan fingerprint density at radius 1 is 1.23 bits per heavy atom. The van der Waals surface area contributed by atoms with Crippen molar-refractivity contribution in [1.82, 2.24) is 19.6 Å². The Hall–Kier alpha value is -2.71. The first-order valence-corrected chi connectivity index (χ1v) is 10.7. The van der Waals surface area contributed by atoms with Gasteiger partial charge in [0.15, 0.2) is 0 Å². The number of amides is 1. The molecule has 1 saturated heterocycles. The van der Waals surface area contributed by atoms with Crippen molar-refractivity contribution in [2.24, 2.45) is 0 Å². The molecule has 30 heavy (non-hydrogen) atoms. The molecule has 1 amide bonds. The van der Waals surface area contributed by atoms with Crippen LogP contribution in [0.25, 0.3) is 0 Å². The quantitative estimate of drug-likeness (QED) is 0.737. The molecule has 2 heterocycles. The summed E-state index contributed by atoms with van der Waals surface area (Å²) in [6.45, 7) is 4.69. The van der Waals surface area contributed by atoms with Gasteiger partial charge in [-0.05, 0) is 48.7 Å². The zero-order valence-electron chi connectivity index (χ0n) is 17.0. The zero-order valence-corrected chi connectivity index (χ0v) is 17.9. The molecular formula is C22H25FN4O2S. The van der Waals surface area contributed by atoms with Gasteiger partial charge in [0.05, 0.1) is 19.2 Å². The standard InChI is InChI=1S/C22H25FN4O2S/c1-16-13-25(10-11-27(16)22(28)19-8-3-4-9-20(19)23)21-15-26(24-30-21)14-17-6-5-7-18(12-17)29-2/h3-9,12,15-16,24H,10-11,13-14H2,1-2H3. The molecular weight excluding hydrogens is 403 g/mol. The van der Waals surface area contributed by atoms with E-state index in [1.165, 1.54) is 6.07 Å². The predicted molar refractivity (Wildman–Crippen MR) is 116 cm³/mol. The molecule has 2 aliphatic rings. The van der Waals surface area contributed by atoms with Gasteiger partial charge in [-0.1, -0.05) is 24.3 Å².